The van der Waals surface area contributed by atoms with Gasteiger partial charge >= 0.3 is 0 Å². The van der Waals surface area contributed by atoms with E-state index < -0.39 is 0 Å². The van der Waals surface area contributed by atoms with Gasteiger partial charge in [-0.05, 0) is 31.2 Å². The van der Waals surface area contributed by atoms with Crippen molar-refractivity contribution in [2.75, 3.05) is 6.54 Å². The summed E-state index contributed by atoms with van der Waals surface area (Å²) in [6, 6.07) is 5.85. The van der Waals surface area contributed by atoms with E-state index in [9.17, 15) is 0 Å². The van der Waals surface area contributed by atoms with E-state index in [1.54, 1.807) is 6.33 Å². The largest absolute Gasteiger partial charge is 0.330 e. The molecule has 0 spiro atoms. The van der Waals surface area contributed by atoms with Crippen molar-refractivity contribution in [1.82, 2.24) is 9.55 Å². The van der Waals surface area contributed by atoms with E-state index >= 15 is 0 Å². The van der Waals surface area contributed by atoms with Crippen LogP contribution < -0.4 is 5.73 Å². The van der Waals surface area contributed by atoms with E-state index in [1.165, 1.54) is 0 Å². The Morgan fingerprint density at radius 1 is 1.44 bits per heavy atom. The summed E-state index contributed by atoms with van der Waals surface area (Å²) in [6.45, 7) is 2.62. The Hall–Kier alpha value is -1.32. The first kappa shape index (κ1) is 11.2. The Kier molecular flexibility index (Phi) is 3.27. The van der Waals surface area contributed by atoms with Crippen LogP contribution in [0, 0.1) is 6.92 Å². The smallest absolute Gasteiger partial charge is 0.0995 e. The zero-order valence-electron chi connectivity index (χ0n) is 9.15. The SMILES string of the molecule is Cc1c(Cl)cccc1-n1cnc(CCN)c1. The van der Waals surface area contributed by atoms with E-state index in [-0.39, 0.29) is 0 Å². The molecule has 0 radical (unpaired) electrons. The quantitative estimate of drug-likeness (QED) is 0.888. The first-order valence-electron chi connectivity index (χ1n) is 5.21. The highest BCUT2D eigenvalue weighted by molar-refractivity contribution is 6.31. The highest BCUT2D eigenvalue weighted by Gasteiger charge is 2.05. The second-order valence-electron chi connectivity index (χ2n) is 3.69. The average Bonchev–Trinajstić information content (AvgIpc) is 2.71. The average molecular weight is 236 g/mol. The normalized spacial score (nSPS) is 10.7. The fourth-order valence-electron chi connectivity index (χ4n) is 1.65. The lowest BCUT2D eigenvalue weighted by molar-refractivity contribution is 0.934. The maximum atomic E-state index is 6.08. The van der Waals surface area contributed by atoms with Gasteiger partial charge in [-0.2, -0.15) is 0 Å². The molecule has 0 bridgehead atoms. The van der Waals surface area contributed by atoms with E-state index in [1.807, 2.05) is 35.9 Å². The number of hydrogen-bond acceptors (Lipinski definition) is 2. The summed E-state index contributed by atoms with van der Waals surface area (Å²) in [4.78, 5) is 4.29. The van der Waals surface area contributed by atoms with Gasteiger partial charge in [-0.15, -0.1) is 0 Å². The topological polar surface area (TPSA) is 43.8 Å². The predicted molar refractivity (Wildman–Crippen MR) is 66.1 cm³/mol. The van der Waals surface area contributed by atoms with Gasteiger partial charge in [-0.1, -0.05) is 17.7 Å². The van der Waals surface area contributed by atoms with Crippen LogP contribution in [0.3, 0.4) is 0 Å². The lowest BCUT2D eigenvalue weighted by atomic mass is 10.2. The highest BCUT2D eigenvalue weighted by Crippen LogP contribution is 2.22. The number of halogens is 1. The molecule has 84 valence electrons. The lowest BCUT2D eigenvalue weighted by Crippen LogP contribution is -2.02. The Morgan fingerprint density at radius 2 is 2.25 bits per heavy atom. The number of imidazole rings is 1. The van der Waals surface area contributed by atoms with E-state index in [0.29, 0.717) is 6.54 Å². The number of benzene rings is 1. The van der Waals surface area contributed by atoms with Gasteiger partial charge in [-0.25, -0.2) is 4.98 Å². The molecule has 2 N–H and O–H groups in total. The molecule has 0 atom stereocenters. The van der Waals surface area contributed by atoms with Crippen LogP contribution in [0.15, 0.2) is 30.7 Å². The molecule has 16 heavy (non-hydrogen) atoms. The summed E-state index contributed by atoms with van der Waals surface area (Å²) < 4.78 is 1.98. The molecule has 0 fully saturated rings. The number of nitrogens with zero attached hydrogens (tertiary/aromatic N) is 2. The molecule has 0 unspecified atom stereocenters. The first-order valence-corrected chi connectivity index (χ1v) is 5.58. The zero-order chi connectivity index (χ0) is 11.5. The van der Waals surface area contributed by atoms with Crippen LogP contribution in [-0.2, 0) is 6.42 Å². The molecule has 0 saturated heterocycles. The molecule has 0 amide bonds. The molecule has 4 heteroatoms. The van der Waals surface area contributed by atoms with Crippen molar-refractivity contribution in [3.05, 3.63) is 47.0 Å². The fraction of sp³-hybridized carbons (Fsp3) is 0.250. The van der Waals surface area contributed by atoms with Crippen molar-refractivity contribution in [1.29, 1.82) is 0 Å². The van der Waals surface area contributed by atoms with Gasteiger partial charge in [0, 0.05) is 17.6 Å². The third kappa shape index (κ3) is 2.10. The van der Waals surface area contributed by atoms with Gasteiger partial charge in [-0.3, -0.25) is 0 Å². The van der Waals surface area contributed by atoms with Gasteiger partial charge < -0.3 is 10.3 Å². The van der Waals surface area contributed by atoms with Gasteiger partial charge in [0.15, 0.2) is 0 Å². The molecule has 1 aromatic carbocycles. The van der Waals surface area contributed by atoms with Gasteiger partial charge in [0.1, 0.15) is 0 Å². The minimum atomic E-state index is 0.617. The summed E-state index contributed by atoms with van der Waals surface area (Å²) >= 11 is 6.08. The molecule has 2 rings (SSSR count). The molecule has 3 nitrogen and oxygen atoms in total. The fourth-order valence-corrected chi connectivity index (χ4v) is 1.82. The first-order chi connectivity index (χ1) is 7.72. The molecule has 0 aliphatic rings. The van der Waals surface area contributed by atoms with Crippen LogP contribution in [-0.4, -0.2) is 16.1 Å². The predicted octanol–water partition coefficient (Wildman–Crippen LogP) is 2.34. The van der Waals surface area contributed by atoms with Crippen LogP contribution in [0.25, 0.3) is 5.69 Å². The van der Waals surface area contributed by atoms with E-state index in [2.05, 4.69) is 4.98 Å². The van der Waals surface area contributed by atoms with E-state index in [0.717, 1.165) is 28.4 Å². The molecule has 1 aromatic heterocycles. The van der Waals surface area contributed by atoms with Crippen molar-refractivity contribution in [2.24, 2.45) is 5.73 Å². The molecule has 0 saturated carbocycles. The van der Waals surface area contributed by atoms with Crippen molar-refractivity contribution in [2.45, 2.75) is 13.3 Å². The Labute approximate surface area is 99.9 Å². The minimum Gasteiger partial charge on any atom is -0.330 e. The molecule has 2 aromatic rings. The molecule has 0 aliphatic carbocycles. The highest BCUT2D eigenvalue weighted by atomic mass is 35.5. The summed E-state index contributed by atoms with van der Waals surface area (Å²) in [7, 11) is 0. The number of rotatable bonds is 3. The third-order valence-corrected chi connectivity index (χ3v) is 2.96. The number of nitrogens with two attached hydrogens (primary N) is 1. The van der Waals surface area contributed by atoms with Crippen molar-refractivity contribution < 1.29 is 0 Å². The Bertz CT molecular complexity index is 491. The summed E-state index contributed by atoms with van der Waals surface area (Å²) in [5.41, 5.74) is 8.61. The monoisotopic (exact) mass is 235 g/mol. The van der Waals surface area contributed by atoms with Gasteiger partial charge in [0.2, 0.25) is 0 Å². The molecular formula is C12H14ClN3. The van der Waals surface area contributed by atoms with E-state index in [4.69, 9.17) is 17.3 Å². The van der Waals surface area contributed by atoms with Crippen molar-refractivity contribution in [3.8, 4) is 5.69 Å². The van der Waals surface area contributed by atoms with Crippen LogP contribution >= 0.6 is 11.6 Å². The minimum absolute atomic E-state index is 0.617. The Morgan fingerprint density at radius 3 is 3.00 bits per heavy atom. The zero-order valence-corrected chi connectivity index (χ0v) is 9.91. The van der Waals surface area contributed by atoms with Crippen LogP contribution in [0.5, 0.6) is 0 Å². The molecule has 0 aliphatic heterocycles. The molecule has 1 heterocycles. The Balaban J connectivity index is 2.39. The summed E-state index contributed by atoms with van der Waals surface area (Å²) in [6.07, 6.45) is 4.59. The second-order valence-corrected chi connectivity index (χ2v) is 4.10. The number of aromatic nitrogens is 2. The summed E-state index contributed by atoms with van der Waals surface area (Å²) in [5.74, 6) is 0. The van der Waals surface area contributed by atoms with Gasteiger partial charge in [0.25, 0.3) is 0 Å². The third-order valence-electron chi connectivity index (χ3n) is 2.55. The summed E-state index contributed by atoms with van der Waals surface area (Å²) in [5, 5.41) is 0.770. The van der Waals surface area contributed by atoms with Crippen molar-refractivity contribution >= 4 is 11.6 Å². The van der Waals surface area contributed by atoms with Crippen LogP contribution in [0.1, 0.15) is 11.3 Å². The molecular weight excluding hydrogens is 222 g/mol. The van der Waals surface area contributed by atoms with Crippen molar-refractivity contribution in [3.63, 3.8) is 0 Å². The maximum Gasteiger partial charge on any atom is 0.0995 e. The maximum absolute atomic E-state index is 6.08. The standard InChI is InChI=1S/C12H14ClN3/c1-9-11(13)3-2-4-12(9)16-7-10(5-6-14)15-8-16/h2-4,7-8H,5-6,14H2,1H3. The number of hydrogen-bond donors (Lipinski definition) is 1. The van der Waals surface area contributed by atoms with Crippen LogP contribution in [0.4, 0.5) is 0 Å². The second kappa shape index (κ2) is 4.68. The lowest BCUT2D eigenvalue weighted by Gasteiger charge is -2.07. The van der Waals surface area contributed by atoms with Crippen LogP contribution in [0.2, 0.25) is 5.02 Å². The van der Waals surface area contributed by atoms with Gasteiger partial charge in [0.05, 0.1) is 17.7 Å².